The van der Waals surface area contributed by atoms with E-state index < -0.39 is 0 Å². The molecule has 0 unspecified atom stereocenters. The highest BCUT2D eigenvalue weighted by molar-refractivity contribution is 5.34. The second kappa shape index (κ2) is 6.01. The maximum Gasteiger partial charge on any atom is 0.131 e. The van der Waals surface area contributed by atoms with Gasteiger partial charge in [0.15, 0.2) is 0 Å². The van der Waals surface area contributed by atoms with Crippen LogP contribution in [0.3, 0.4) is 0 Å². The van der Waals surface area contributed by atoms with Gasteiger partial charge in [-0.15, -0.1) is 0 Å². The molecule has 0 spiro atoms. The van der Waals surface area contributed by atoms with Crippen LogP contribution in [0, 0.1) is 11.2 Å². The Bertz CT molecular complexity index is 358. The molecule has 17 heavy (non-hydrogen) atoms. The molecule has 96 valence electrons. The summed E-state index contributed by atoms with van der Waals surface area (Å²) in [6, 6.07) is 4.82. The minimum Gasteiger partial charge on any atom is -0.493 e. The SMILES string of the molecule is CC(C)(C)CCCOc1cccc(F)c1CN. The Hall–Kier alpha value is -1.09. The highest BCUT2D eigenvalue weighted by Gasteiger charge is 2.11. The van der Waals surface area contributed by atoms with Crippen molar-refractivity contribution in [1.29, 1.82) is 0 Å². The summed E-state index contributed by atoms with van der Waals surface area (Å²) in [5.41, 5.74) is 6.27. The average molecular weight is 239 g/mol. The third kappa shape index (κ3) is 4.73. The lowest BCUT2D eigenvalue weighted by Crippen LogP contribution is -2.09. The third-order valence-electron chi connectivity index (χ3n) is 2.61. The van der Waals surface area contributed by atoms with Gasteiger partial charge in [0.25, 0.3) is 0 Å². The van der Waals surface area contributed by atoms with E-state index in [0.29, 0.717) is 23.3 Å². The molecule has 0 saturated carbocycles. The second-order valence-corrected chi connectivity index (χ2v) is 5.43. The van der Waals surface area contributed by atoms with Crippen molar-refractivity contribution in [2.24, 2.45) is 11.1 Å². The lowest BCUT2D eigenvalue weighted by Gasteiger charge is -2.18. The topological polar surface area (TPSA) is 35.2 Å². The van der Waals surface area contributed by atoms with E-state index in [1.165, 1.54) is 6.07 Å². The van der Waals surface area contributed by atoms with Crippen molar-refractivity contribution >= 4 is 0 Å². The van der Waals surface area contributed by atoms with Crippen LogP contribution in [0.15, 0.2) is 18.2 Å². The summed E-state index contributed by atoms with van der Waals surface area (Å²) in [4.78, 5) is 0. The number of hydrogen-bond donors (Lipinski definition) is 1. The zero-order valence-corrected chi connectivity index (χ0v) is 10.9. The first-order valence-electron chi connectivity index (χ1n) is 6.04. The molecule has 0 radical (unpaired) electrons. The van der Waals surface area contributed by atoms with Crippen molar-refractivity contribution in [2.45, 2.75) is 40.2 Å². The van der Waals surface area contributed by atoms with Crippen molar-refractivity contribution in [3.63, 3.8) is 0 Å². The van der Waals surface area contributed by atoms with Gasteiger partial charge in [-0.05, 0) is 30.4 Å². The van der Waals surface area contributed by atoms with E-state index in [1.54, 1.807) is 12.1 Å². The van der Waals surface area contributed by atoms with Crippen LogP contribution in [0.4, 0.5) is 4.39 Å². The van der Waals surface area contributed by atoms with Crippen LogP contribution in [-0.4, -0.2) is 6.61 Å². The Kier molecular flexibility index (Phi) is 4.94. The molecule has 0 aliphatic rings. The predicted molar refractivity (Wildman–Crippen MR) is 68.5 cm³/mol. The van der Waals surface area contributed by atoms with Gasteiger partial charge >= 0.3 is 0 Å². The van der Waals surface area contributed by atoms with E-state index in [-0.39, 0.29) is 12.4 Å². The molecular formula is C14H22FNO. The van der Waals surface area contributed by atoms with Gasteiger partial charge < -0.3 is 10.5 Å². The molecule has 3 heteroatoms. The van der Waals surface area contributed by atoms with Crippen molar-refractivity contribution in [2.75, 3.05) is 6.61 Å². The number of nitrogens with two attached hydrogens (primary N) is 1. The fourth-order valence-electron chi connectivity index (χ4n) is 1.66. The van der Waals surface area contributed by atoms with Crippen LogP contribution in [-0.2, 0) is 6.54 Å². The Morgan fingerprint density at radius 2 is 2.00 bits per heavy atom. The van der Waals surface area contributed by atoms with E-state index in [4.69, 9.17) is 10.5 Å². The van der Waals surface area contributed by atoms with Gasteiger partial charge in [0.05, 0.1) is 6.61 Å². The van der Waals surface area contributed by atoms with Gasteiger partial charge in [-0.2, -0.15) is 0 Å². The number of rotatable bonds is 5. The van der Waals surface area contributed by atoms with Gasteiger partial charge in [-0.3, -0.25) is 0 Å². The lowest BCUT2D eigenvalue weighted by atomic mass is 9.91. The summed E-state index contributed by atoms with van der Waals surface area (Å²) < 4.78 is 19.0. The molecule has 0 atom stereocenters. The molecule has 0 bridgehead atoms. The molecule has 0 heterocycles. The summed E-state index contributed by atoms with van der Waals surface area (Å²) in [6.07, 6.45) is 2.05. The fourth-order valence-corrected chi connectivity index (χ4v) is 1.66. The van der Waals surface area contributed by atoms with Gasteiger partial charge in [-0.25, -0.2) is 4.39 Å². The Labute approximate surface area is 103 Å². The maximum atomic E-state index is 13.4. The molecule has 0 aromatic heterocycles. The zero-order valence-electron chi connectivity index (χ0n) is 10.9. The lowest BCUT2D eigenvalue weighted by molar-refractivity contribution is 0.266. The van der Waals surface area contributed by atoms with Crippen LogP contribution in [0.1, 0.15) is 39.2 Å². The van der Waals surface area contributed by atoms with Crippen LogP contribution >= 0.6 is 0 Å². The fraction of sp³-hybridized carbons (Fsp3) is 0.571. The quantitative estimate of drug-likeness (QED) is 0.798. The standard InChI is InChI=1S/C14H22FNO/c1-14(2,3)8-5-9-17-13-7-4-6-12(15)11(13)10-16/h4,6-7H,5,8-10,16H2,1-3H3. The van der Waals surface area contributed by atoms with E-state index in [2.05, 4.69) is 20.8 Å². The summed E-state index contributed by atoms with van der Waals surface area (Å²) in [7, 11) is 0. The second-order valence-electron chi connectivity index (χ2n) is 5.43. The molecule has 0 fully saturated rings. The molecule has 1 aromatic rings. The first-order valence-corrected chi connectivity index (χ1v) is 6.04. The summed E-state index contributed by atoms with van der Waals surface area (Å²) in [5, 5.41) is 0. The van der Waals surface area contributed by atoms with Crippen LogP contribution in [0.25, 0.3) is 0 Å². The van der Waals surface area contributed by atoms with Crippen LogP contribution in [0.2, 0.25) is 0 Å². The van der Waals surface area contributed by atoms with Gasteiger partial charge in [-0.1, -0.05) is 26.8 Å². The van der Waals surface area contributed by atoms with Crippen molar-refractivity contribution in [3.05, 3.63) is 29.6 Å². The molecule has 2 N–H and O–H groups in total. The molecular weight excluding hydrogens is 217 g/mol. The Morgan fingerprint density at radius 3 is 2.59 bits per heavy atom. The molecule has 0 amide bonds. The summed E-state index contributed by atoms with van der Waals surface area (Å²) >= 11 is 0. The average Bonchev–Trinajstić information content (AvgIpc) is 2.23. The maximum absolute atomic E-state index is 13.4. The molecule has 1 rings (SSSR count). The van der Waals surface area contributed by atoms with Crippen molar-refractivity contribution in [3.8, 4) is 5.75 Å². The third-order valence-corrected chi connectivity index (χ3v) is 2.61. The van der Waals surface area contributed by atoms with E-state index in [0.717, 1.165) is 12.8 Å². The van der Waals surface area contributed by atoms with Gasteiger partial charge in [0.2, 0.25) is 0 Å². The molecule has 0 saturated heterocycles. The number of ether oxygens (including phenoxy) is 1. The minimum absolute atomic E-state index is 0.168. The predicted octanol–water partition coefficient (Wildman–Crippen LogP) is 3.49. The first kappa shape index (κ1) is 14.0. The monoisotopic (exact) mass is 239 g/mol. The molecule has 1 aromatic carbocycles. The molecule has 2 nitrogen and oxygen atoms in total. The molecule has 0 aliphatic heterocycles. The summed E-state index contributed by atoms with van der Waals surface area (Å²) in [5.74, 6) is 0.280. The highest BCUT2D eigenvalue weighted by Crippen LogP contribution is 2.23. The van der Waals surface area contributed by atoms with E-state index in [1.807, 2.05) is 0 Å². The van der Waals surface area contributed by atoms with Crippen LogP contribution < -0.4 is 10.5 Å². The first-order chi connectivity index (χ1) is 7.94. The Morgan fingerprint density at radius 1 is 1.29 bits per heavy atom. The Balaban J connectivity index is 2.49. The normalized spacial score (nSPS) is 11.6. The van der Waals surface area contributed by atoms with Crippen molar-refractivity contribution < 1.29 is 9.13 Å². The highest BCUT2D eigenvalue weighted by atomic mass is 19.1. The number of hydrogen-bond acceptors (Lipinski definition) is 2. The van der Waals surface area contributed by atoms with Gasteiger partial charge in [0.1, 0.15) is 11.6 Å². The zero-order chi connectivity index (χ0) is 12.9. The van der Waals surface area contributed by atoms with Crippen molar-refractivity contribution in [1.82, 2.24) is 0 Å². The van der Waals surface area contributed by atoms with Gasteiger partial charge in [0, 0.05) is 12.1 Å². The van der Waals surface area contributed by atoms with E-state index in [9.17, 15) is 4.39 Å². The smallest absolute Gasteiger partial charge is 0.131 e. The largest absolute Gasteiger partial charge is 0.493 e. The number of benzene rings is 1. The van der Waals surface area contributed by atoms with Crippen LogP contribution in [0.5, 0.6) is 5.75 Å². The van der Waals surface area contributed by atoms with E-state index >= 15 is 0 Å². The molecule has 0 aliphatic carbocycles. The number of halogens is 1. The minimum atomic E-state index is -0.291. The summed E-state index contributed by atoms with van der Waals surface area (Å²) in [6.45, 7) is 7.36.